The Morgan fingerprint density at radius 1 is 1.46 bits per heavy atom. The summed E-state index contributed by atoms with van der Waals surface area (Å²) in [5.74, 6) is 0.790. The minimum atomic E-state index is -0.462. The Morgan fingerprint density at radius 2 is 2.27 bits per heavy atom. The maximum absolute atomic E-state index is 12.7. The van der Waals surface area contributed by atoms with Gasteiger partial charge in [0.1, 0.15) is 11.6 Å². The lowest BCUT2D eigenvalue weighted by Gasteiger charge is -2.29. The normalized spacial score (nSPS) is 18.3. The van der Waals surface area contributed by atoms with Crippen LogP contribution in [0.3, 0.4) is 0 Å². The van der Waals surface area contributed by atoms with E-state index in [0.29, 0.717) is 34.3 Å². The maximum Gasteiger partial charge on any atom is 0.338 e. The van der Waals surface area contributed by atoms with E-state index in [2.05, 4.69) is 4.98 Å². The molecule has 7 heteroatoms. The zero-order valence-corrected chi connectivity index (χ0v) is 15.2. The number of pyridine rings is 1. The summed E-state index contributed by atoms with van der Waals surface area (Å²) < 4.78 is 13.1. The summed E-state index contributed by atoms with van der Waals surface area (Å²) in [7, 11) is 1.90. The average molecular weight is 354 g/mol. The molecule has 0 radical (unpaired) electrons. The summed E-state index contributed by atoms with van der Waals surface area (Å²) in [5.41, 5.74) is 10.4. The first-order chi connectivity index (χ1) is 12.5. The molecule has 1 unspecified atom stereocenters. The molecule has 0 fully saturated rings. The van der Waals surface area contributed by atoms with Crippen LogP contribution in [0.4, 0.5) is 5.69 Å². The van der Waals surface area contributed by atoms with E-state index in [1.54, 1.807) is 20.0 Å². The topological polar surface area (TPSA) is 92.3 Å². The van der Waals surface area contributed by atoms with E-state index in [4.69, 9.17) is 20.2 Å². The van der Waals surface area contributed by atoms with Crippen LogP contribution < -0.4 is 10.5 Å². The first kappa shape index (κ1) is 16.6. The summed E-state index contributed by atoms with van der Waals surface area (Å²) in [4.78, 5) is 21.9. The molecule has 2 aromatic heterocycles. The summed E-state index contributed by atoms with van der Waals surface area (Å²) in [5, 5.41) is 0. The number of anilines is 1. The second-order valence-corrected chi connectivity index (χ2v) is 6.64. The number of nitrogen functional groups attached to an aromatic ring is 1. The number of esters is 1. The smallest absolute Gasteiger partial charge is 0.338 e. The summed E-state index contributed by atoms with van der Waals surface area (Å²) in [6.45, 7) is 3.83. The molecule has 0 saturated heterocycles. The molecule has 4 rings (SSSR count). The Labute approximate surface area is 151 Å². The number of aryl methyl sites for hydroxylation is 2. The molecule has 1 aliphatic carbocycles. The van der Waals surface area contributed by atoms with Crippen LogP contribution in [0.25, 0.3) is 0 Å². The standard InChI is InChI=1S/C19H22N4O3/c1-4-25-19(24)13-10(2)26-18-15(14(13)17-21-8-9-23(17)3)16(20)11-6-5-7-12(11)22-18/h8-9,14H,4-7H2,1-3H3,(H2,20,22). The molecule has 2 aromatic rings. The fourth-order valence-corrected chi connectivity index (χ4v) is 3.89. The highest BCUT2D eigenvalue weighted by Crippen LogP contribution is 2.47. The van der Waals surface area contributed by atoms with Crippen LogP contribution in [0.15, 0.2) is 23.7 Å². The molecule has 2 N–H and O–H groups in total. The van der Waals surface area contributed by atoms with E-state index in [-0.39, 0.29) is 6.61 Å². The fourth-order valence-electron chi connectivity index (χ4n) is 3.89. The second kappa shape index (κ2) is 6.16. The maximum atomic E-state index is 12.7. The number of aromatic nitrogens is 3. The van der Waals surface area contributed by atoms with Crippen molar-refractivity contribution in [2.75, 3.05) is 12.3 Å². The molecule has 26 heavy (non-hydrogen) atoms. The Balaban J connectivity index is 1.97. The number of imidazole rings is 1. The SMILES string of the molecule is CCOC(=O)C1=C(C)Oc2nc3c(c(N)c2C1c1nccn1C)CCC3. The largest absolute Gasteiger partial charge is 0.463 e. The molecule has 1 atom stereocenters. The third-order valence-electron chi connectivity index (χ3n) is 5.09. The zero-order chi connectivity index (χ0) is 18.4. The van der Waals surface area contributed by atoms with Crippen molar-refractivity contribution >= 4 is 11.7 Å². The van der Waals surface area contributed by atoms with Crippen molar-refractivity contribution in [1.82, 2.24) is 14.5 Å². The van der Waals surface area contributed by atoms with Crippen molar-refractivity contribution in [3.63, 3.8) is 0 Å². The van der Waals surface area contributed by atoms with Crippen molar-refractivity contribution in [3.8, 4) is 5.88 Å². The van der Waals surface area contributed by atoms with Crippen molar-refractivity contribution in [2.45, 2.75) is 39.0 Å². The predicted octanol–water partition coefficient (Wildman–Crippen LogP) is 2.25. The highest BCUT2D eigenvalue weighted by molar-refractivity contribution is 5.93. The molecular formula is C19H22N4O3. The number of ether oxygens (including phenoxy) is 2. The van der Waals surface area contributed by atoms with Gasteiger partial charge < -0.3 is 19.8 Å². The molecule has 7 nitrogen and oxygen atoms in total. The van der Waals surface area contributed by atoms with Gasteiger partial charge in [-0.3, -0.25) is 0 Å². The molecule has 2 aliphatic rings. The van der Waals surface area contributed by atoms with Crippen molar-refractivity contribution < 1.29 is 14.3 Å². The fraction of sp³-hybridized carbons (Fsp3) is 0.421. The minimum absolute atomic E-state index is 0.285. The van der Waals surface area contributed by atoms with Gasteiger partial charge in [-0.2, -0.15) is 0 Å². The number of carbonyl (C=O) groups is 1. The third kappa shape index (κ3) is 2.38. The van der Waals surface area contributed by atoms with Crippen LogP contribution in [0.5, 0.6) is 5.88 Å². The van der Waals surface area contributed by atoms with Crippen molar-refractivity contribution in [2.24, 2.45) is 7.05 Å². The number of nitrogens with two attached hydrogens (primary N) is 1. The van der Waals surface area contributed by atoms with Gasteiger partial charge >= 0.3 is 5.97 Å². The van der Waals surface area contributed by atoms with Gasteiger partial charge in [-0.25, -0.2) is 14.8 Å². The van der Waals surface area contributed by atoms with Crippen molar-refractivity contribution in [3.05, 3.63) is 46.4 Å². The van der Waals surface area contributed by atoms with E-state index in [0.717, 1.165) is 30.5 Å². The van der Waals surface area contributed by atoms with Gasteiger partial charge in [0, 0.05) is 30.8 Å². The molecule has 136 valence electrons. The Bertz CT molecular complexity index is 929. The number of nitrogens with zero attached hydrogens (tertiary/aromatic N) is 3. The Kier molecular flexibility index (Phi) is 3.94. The highest BCUT2D eigenvalue weighted by atomic mass is 16.5. The quantitative estimate of drug-likeness (QED) is 0.850. The molecule has 0 amide bonds. The minimum Gasteiger partial charge on any atom is -0.463 e. The highest BCUT2D eigenvalue weighted by Gasteiger charge is 2.40. The van der Waals surface area contributed by atoms with Crippen LogP contribution in [-0.2, 0) is 29.4 Å². The number of allylic oxidation sites excluding steroid dienone is 1. The molecule has 0 saturated carbocycles. The number of fused-ring (bicyclic) bond motifs is 2. The van der Waals surface area contributed by atoms with Crippen LogP contribution in [0, 0.1) is 0 Å². The molecule has 0 spiro atoms. The lowest BCUT2D eigenvalue weighted by molar-refractivity contribution is -0.139. The first-order valence-electron chi connectivity index (χ1n) is 8.87. The van der Waals surface area contributed by atoms with Gasteiger partial charge in [-0.15, -0.1) is 0 Å². The number of carbonyl (C=O) groups excluding carboxylic acids is 1. The van der Waals surface area contributed by atoms with E-state index in [1.807, 2.05) is 17.8 Å². The van der Waals surface area contributed by atoms with E-state index in [1.165, 1.54) is 0 Å². The van der Waals surface area contributed by atoms with E-state index >= 15 is 0 Å². The van der Waals surface area contributed by atoms with E-state index in [9.17, 15) is 4.79 Å². The summed E-state index contributed by atoms with van der Waals surface area (Å²) >= 11 is 0. The summed E-state index contributed by atoms with van der Waals surface area (Å²) in [6, 6.07) is 0. The first-order valence-corrected chi connectivity index (χ1v) is 8.87. The Hall–Kier alpha value is -2.83. The number of hydrogen-bond acceptors (Lipinski definition) is 6. The van der Waals surface area contributed by atoms with Gasteiger partial charge in [-0.1, -0.05) is 0 Å². The van der Waals surface area contributed by atoms with Crippen LogP contribution in [0.2, 0.25) is 0 Å². The number of hydrogen-bond donors (Lipinski definition) is 1. The molecule has 0 aromatic carbocycles. The zero-order valence-electron chi connectivity index (χ0n) is 15.2. The van der Waals surface area contributed by atoms with Gasteiger partial charge in [0.2, 0.25) is 5.88 Å². The number of rotatable bonds is 3. The molecule has 0 bridgehead atoms. The lowest BCUT2D eigenvalue weighted by atomic mass is 9.85. The van der Waals surface area contributed by atoms with Crippen molar-refractivity contribution in [1.29, 1.82) is 0 Å². The predicted molar refractivity (Wildman–Crippen MR) is 95.7 cm³/mol. The second-order valence-electron chi connectivity index (χ2n) is 6.64. The van der Waals surface area contributed by atoms with Crippen LogP contribution in [0.1, 0.15) is 48.8 Å². The van der Waals surface area contributed by atoms with E-state index < -0.39 is 11.9 Å². The molecule has 3 heterocycles. The molecular weight excluding hydrogens is 332 g/mol. The van der Waals surface area contributed by atoms with Crippen LogP contribution in [-0.4, -0.2) is 27.1 Å². The average Bonchev–Trinajstić information content (AvgIpc) is 3.22. The third-order valence-corrected chi connectivity index (χ3v) is 5.09. The van der Waals surface area contributed by atoms with Gasteiger partial charge in [-0.05, 0) is 38.7 Å². The monoisotopic (exact) mass is 354 g/mol. The Morgan fingerprint density at radius 3 is 2.96 bits per heavy atom. The van der Waals surface area contributed by atoms with Gasteiger partial charge in [0.05, 0.1) is 23.7 Å². The summed E-state index contributed by atoms with van der Waals surface area (Å²) in [6.07, 6.45) is 6.38. The van der Waals surface area contributed by atoms with Crippen LogP contribution >= 0.6 is 0 Å². The van der Waals surface area contributed by atoms with Gasteiger partial charge in [0.25, 0.3) is 0 Å². The molecule has 1 aliphatic heterocycles. The van der Waals surface area contributed by atoms with Gasteiger partial charge in [0.15, 0.2) is 0 Å². The lowest BCUT2D eigenvalue weighted by Crippen LogP contribution is -2.27.